The molecule has 5 nitrogen and oxygen atoms in total. The maximum atomic E-state index is 12.7. The van der Waals surface area contributed by atoms with Crippen molar-refractivity contribution >= 4 is 11.8 Å². The van der Waals surface area contributed by atoms with Gasteiger partial charge in [-0.25, -0.2) is 4.39 Å². The summed E-state index contributed by atoms with van der Waals surface area (Å²) in [5.41, 5.74) is 0. The van der Waals surface area contributed by atoms with Gasteiger partial charge >= 0.3 is 6.18 Å². The Morgan fingerprint density at radius 2 is 1.96 bits per heavy atom. The molecule has 0 radical (unpaired) electrons. The quantitative estimate of drug-likeness (QED) is 0.629. The summed E-state index contributed by atoms with van der Waals surface area (Å²) in [4.78, 5) is 24.0. The Bertz CT molecular complexity index is 589. The summed E-state index contributed by atoms with van der Waals surface area (Å²) < 4.78 is 54.9. The maximum absolute atomic E-state index is 12.7. The second-order valence-corrected chi connectivity index (χ2v) is 5.38. The fourth-order valence-electron chi connectivity index (χ4n) is 2.34. The topological polar surface area (TPSA) is 58.6 Å². The lowest BCUT2D eigenvalue weighted by Gasteiger charge is -2.18. The van der Waals surface area contributed by atoms with Gasteiger partial charge in [-0.15, -0.1) is 0 Å². The average molecular weight is 348 g/mol. The number of carbonyl (C=O) groups is 2. The van der Waals surface area contributed by atoms with Gasteiger partial charge in [0, 0.05) is 13.0 Å². The first-order valence-electron chi connectivity index (χ1n) is 7.25. The van der Waals surface area contributed by atoms with Crippen molar-refractivity contribution in [2.24, 2.45) is 5.92 Å². The Morgan fingerprint density at radius 3 is 2.58 bits per heavy atom. The molecule has 1 aliphatic heterocycles. The van der Waals surface area contributed by atoms with Crippen LogP contribution in [0.2, 0.25) is 0 Å². The van der Waals surface area contributed by atoms with Gasteiger partial charge in [-0.2, -0.15) is 13.2 Å². The van der Waals surface area contributed by atoms with Gasteiger partial charge < -0.3 is 15.0 Å². The molecule has 1 aromatic rings. The lowest BCUT2D eigenvalue weighted by atomic mass is 10.1. The minimum atomic E-state index is -4.48. The number of carbonyl (C=O) groups excluding carboxylic acids is 2. The molecule has 0 spiro atoms. The molecule has 132 valence electrons. The molecular formula is C15H16F4N2O3. The number of nitrogens with zero attached hydrogens (tertiary/aromatic N) is 1. The van der Waals surface area contributed by atoms with Gasteiger partial charge in [-0.1, -0.05) is 0 Å². The molecule has 1 N–H and O–H groups in total. The summed E-state index contributed by atoms with van der Waals surface area (Å²) in [6.07, 6.45) is -4.72. The summed E-state index contributed by atoms with van der Waals surface area (Å²) in [5, 5.41) is 2.51. The molecule has 1 atom stereocenters. The number of benzene rings is 1. The van der Waals surface area contributed by atoms with Gasteiger partial charge in [0.1, 0.15) is 24.7 Å². The third kappa shape index (κ3) is 5.39. The standard InChI is InChI=1S/C15H16F4N2O3/c16-11-1-3-12(4-2-11)24-6-5-20-14(23)10-7-13(22)21(8-10)9-15(17,18)19/h1-4,10H,5-9H2,(H,20,23)/t10-/m1/s1. The lowest BCUT2D eigenvalue weighted by molar-refractivity contribution is -0.157. The molecule has 24 heavy (non-hydrogen) atoms. The van der Waals surface area contributed by atoms with Gasteiger partial charge in [0.15, 0.2) is 0 Å². The van der Waals surface area contributed by atoms with E-state index in [1.54, 1.807) is 0 Å². The number of alkyl halides is 3. The van der Waals surface area contributed by atoms with Gasteiger partial charge in [0.05, 0.1) is 12.5 Å². The molecule has 2 amide bonds. The molecular weight excluding hydrogens is 332 g/mol. The fourth-order valence-corrected chi connectivity index (χ4v) is 2.34. The van der Waals surface area contributed by atoms with Crippen LogP contribution in [-0.4, -0.2) is 49.1 Å². The number of hydrogen-bond acceptors (Lipinski definition) is 3. The normalized spacial score (nSPS) is 17.9. The van der Waals surface area contributed by atoms with Crippen molar-refractivity contribution in [3.8, 4) is 5.75 Å². The van der Waals surface area contributed by atoms with Crippen molar-refractivity contribution in [2.45, 2.75) is 12.6 Å². The van der Waals surface area contributed by atoms with E-state index in [9.17, 15) is 27.2 Å². The number of amides is 2. The van der Waals surface area contributed by atoms with Crippen LogP contribution in [-0.2, 0) is 9.59 Å². The molecule has 0 saturated carbocycles. The minimum Gasteiger partial charge on any atom is -0.492 e. The predicted octanol–water partition coefficient (Wildman–Crippen LogP) is 1.73. The van der Waals surface area contributed by atoms with E-state index in [2.05, 4.69) is 5.32 Å². The molecule has 9 heteroatoms. The van der Waals surface area contributed by atoms with Crippen LogP contribution in [0.5, 0.6) is 5.75 Å². The highest BCUT2D eigenvalue weighted by Gasteiger charge is 2.40. The van der Waals surface area contributed by atoms with E-state index < -0.39 is 36.3 Å². The van der Waals surface area contributed by atoms with Crippen LogP contribution in [0.15, 0.2) is 24.3 Å². The second kappa shape index (κ2) is 7.50. The zero-order valence-electron chi connectivity index (χ0n) is 12.6. The Hall–Kier alpha value is -2.32. The molecule has 1 aliphatic rings. The smallest absolute Gasteiger partial charge is 0.406 e. The van der Waals surface area contributed by atoms with E-state index in [1.807, 2.05) is 0 Å². The highest BCUT2D eigenvalue weighted by atomic mass is 19.4. The van der Waals surface area contributed by atoms with Crippen molar-refractivity contribution in [2.75, 3.05) is 26.2 Å². The summed E-state index contributed by atoms with van der Waals surface area (Å²) in [7, 11) is 0. The molecule has 1 heterocycles. The third-order valence-corrected chi connectivity index (χ3v) is 3.44. The molecule has 0 aliphatic carbocycles. The molecule has 1 aromatic carbocycles. The van der Waals surface area contributed by atoms with Crippen LogP contribution < -0.4 is 10.1 Å². The number of hydrogen-bond donors (Lipinski definition) is 1. The van der Waals surface area contributed by atoms with E-state index in [1.165, 1.54) is 24.3 Å². The van der Waals surface area contributed by atoms with Gasteiger partial charge in [-0.05, 0) is 24.3 Å². The van der Waals surface area contributed by atoms with E-state index in [-0.39, 0.29) is 26.1 Å². The number of ether oxygens (including phenoxy) is 1. The Morgan fingerprint density at radius 1 is 1.29 bits per heavy atom. The van der Waals surface area contributed by atoms with Gasteiger partial charge in [0.25, 0.3) is 0 Å². The maximum Gasteiger partial charge on any atom is 0.406 e. The zero-order valence-corrected chi connectivity index (χ0v) is 12.6. The summed E-state index contributed by atoms with van der Waals surface area (Å²) in [6, 6.07) is 5.32. The van der Waals surface area contributed by atoms with E-state index in [4.69, 9.17) is 4.74 Å². The zero-order chi connectivity index (χ0) is 17.7. The Labute approximate surface area is 135 Å². The van der Waals surface area contributed by atoms with E-state index in [0.717, 1.165) is 0 Å². The number of halogens is 4. The first kappa shape index (κ1) is 18.0. The number of likely N-dealkylation sites (tertiary alicyclic amines) is 1. The highest BCUT2D eigenvalue weighted by molar-refractivity contribution is 5.89. The summed E-state index contributed by atoms with van der Waals surface area (Å²) in [5.74, 6) is -1.94. The second-order valence-electron chi connectivity index (χ2n) is 5.38. The summed E-state index contributed by atoms with van der Waals surface area (Å²) >= 11 is 0. The third-order valence-electron chi connectivity index (χ3n) is 3.44. The Kier molecular flexibility index (Phi) is 5.63. The predicted molar refractivity (Wildman–Crippen MR) is 75.6 cm³/mol. The lowest BCUT2D eigenvalue weighted by Crippen LogP contribution is -2.38. The first-order chi connectivity index (χ1) is 11.2. The van der Waals surface area contributed by atoms with E-state index in [0.29, 0.717) is 10.6 Å². The van der Waals surface area contributed by atoms with Crippen LogP contribution in [0.1, 0.15) is 6.42 Å². The van der Waals surface area contributed by atoms with Gasteiger partial charge in [0.2, 0.25) is 11.8 Å². The molecule has 0 bridgehead atoms. The van der Waals surface area contributed by atoms with Crippen molar-refractivity contribution in [1.29, 1.82) is 0 Å². The molecule has 1 saturated heterocycles. The van der Waals surface area contributed by atoms with Crippen molar-refractivity contribution in [3.05, 3.63) is 30.1 Å². The monoisotopic (exact) mass is 348 g/mol. The number of nitrogens with one attached hydrogen (secondary N) is 1. The van der Waals surface area contributed by atoms with Crippen molar-refractivity contribution < 1.29 is 31.9 Å². The van der Waals surface area contributed by atoms with Crippen LogP contribution in [0.25, 0.3) is 0 Å². The first-order valence-corrected chi connectivity index (χ1v) is 7.25. The summed E-state index contributed by atoms with van der Waals surface area (Å²) in [6.45, 7) is -1.35. The average Bonchev–Trinajstić information content (AvgIpc) is 2.84. The molecule has 0 unspecified atom stereocenters. The molecule has 2 rings (SSSR count). The largest absolute Gasteiger partial charge is 0.492 e. The Balaban J connectivity index is 1.71. The van der Waals surface area contributed by atoms with E-state index >= 15 is 0 Å². The van der Waals surface area contributed by atoms with Crippen LogP contribution in [0.4, 0.5) is 17.6 Å². The van der Waals surface area contributed by atoms with Gasteiger partial charge in [-0.3, -0.25) is 9.59 Å². The van der Waals surface area contributed by atoms with Crippen LogP contribution in [0.3, 0.4) is 0 Å². The minimum absolute atomic E-state index is 0.115. The SMILES string of the molecule is O=C(NCCOc1ccc(F)cc1)[C@@H]1CC(=O)N(CC(F)(F)F)C1. The van der Waals surface area contributed by atoms with Crippen LogP contribution >= 0.6 is 0 Å². The van der Waals surface area contributed by atoms with Crippen molar-refractivity contribution in [3.63, 3.8) is 0 Å². The molecule has 0 aromatic heterocycles. The fraction of sp³-hybridized carbons (Fsp3) is 0.467. The van der Waals surface area contributed by atoms with Crippen molar-refractivity contribution in [1.82, 2.24) is 10.2 Å². The van der Waals surface area contributed by atoms with Crippen LogP contribution in [0, 0.1) is 11.7 Å². The number of rotatable bonds is 6. The highest BCUT2D eigenvalue weighted by Crippen LogP contribution is 2.23. The molecule has 1 fully saturated rings.